The fourth-order valence-corrected chi connectivity index (χ4v) is 2.16. The lowest BCUT2D eigenvalue weighted by atomic mass is 10.2. The van der Waals surface area contributed by atoms with Crippen LogP contribution in [0, 0.1) is 0 Å². The number of amides is 2. The number of aryl methyl sites for hydroxylation is 2. The van der Waals surface area contributed by atoms with E-state index < -0.39 is 0 Å². The van der Waals surface area contributed by atoms with Crippen LogP contribution in [0.1, 0.15) is 21.0 Å². The molecule has 0 aliphatic carbocycles. The number of benzene rings is 1. The first-order valence-corrected chi connectivity index (χ1v) is 7.23. The lowest BCUT2D eigenvalue weighted by molar-refractivity contribution is 0.101. The molecule has 0 saturated heterocycles. The molecule has 0 spiro atoms. The Morgan fingerprint density at radius 3 is 2.04 bits per heavy atom. The molecule has 24 heavy (non-hydrogen) atoms. The molecule has 0 radical (unpaired) electrons. The van der Waals surface area contributed by atoms with Crippen molar-refractivity contribution in [3.8, 4) is 0 Å². The summed E-state index contributed by atoms with van der Waals surface area (Å²) in [5.74, 6) is -0.539. The van der Waals surface area contributed by atoms with Crippen molar-refractivity contribution in [3.05, 3.63) is 60.2 Å². The Labute approximate surface area is 138 Å². The van der Waals surface area contributed by atoms with Crippen LogP contribution in [0.4, 0.5) is 11.4 Å². The van der Waals surface area contributed by atoms with E-state index in [4.69, 9.17) is 0 Å². The van der Waals surface area contributed by atoms with E-state index in [0.717, 1.165) is 0 Å². The maximum absolute atomic E-state index is 12.1. The molecule has 0 atom stereocenters. The summed E-state index contributed by atoms with van der Waals surface area (Å²) in [5.41, 5.74) is 2.04. The van der Waals surface area contributed by atoms with E-state index >= 15 is 0 Å². The van der Waals surface area contributed by atoms with Gasteiger partial charge in [-0.1, -0.05) is 0 Å². The quantitative estimate of drug-likeness (QED) is 0.763. The van der Waals surface area contributed by atoms with E-state index in [2.05, 4.69) is 20.8 Å². The molecule has 0 bridgehead atoms. The van der Waals surface area contributed by atoms with Gasteiger partial charge in [0.15, 0.2) is 5.69 Å². The summed E-state index contributed by atoms with van der Waals surface area (Å²) in [6.07, 6.45) is 3.26. The van der Waals surface area contributed by atoms with Crippen LogP contribution in [-0.4, -0.2) is 31.4 Å². The van der Waals surface area contributed by atoms with Crippen LogP contribution < -0.4 is 10.6 Å². The minimum atomic E-state index is -0.290. The van der Waals surface area contributed by atoms with E-state index in [1.165, 1.54) is 4.68 Å². The molecule has 1 aromatic carbocycles. The summed E-state index contributed by atoms with van der Waals surface area (Å²) < 4.78 is 3.06. The van der Waals surface area contributed by atoms with E-state index in [1.54, 1.807) is 67.6 Å². The van der Waals surface area contributed by atoms with Crippen LogP contribution in [0.5, 0.6) is 0 Å². The molecule has 2 heterocycles. The van der Waals surface area contributed by atoms with Gasteiger partial charge in [-0.05, 0) is 36.4 Å². The Kier molecular flexibility index (Phi) is 4.11. The third kappa shape index (κ3) is 3.32. The normalized spacial score (nSPS) is 10.4. The molecule has 0 unspecified atom stereocenters. The summed E-state index contributed by atoms with van der Waals surface area (Å²) >= 11 is 0. The minimum absolute atomic E-state index is 0.250. The number of nitrogens with one attached hydrogen (secondary N) is 2. The van der Waals surface area contributed by atoms with Gasteiger partial charge in [-0.3, -0.25) is 19.0 Å². The fraction of sp³-hybridized carbons (Fsp3) is 0.125. The largest absolute Gasteiger partial charge is 0.321 e. The first-order chi connectivity index (χ1) is 11.5. The van der Waals surface area contributed by atoms with Crippen molar-refractivity contribution in [3.63, 3.8) is 0 Å². The van der Waals surface area contributed by atoms with Crippen LogP contribution >= 0.6 is 0 Å². The number of carbonyl (C=O) groups excluding carboxylic acids is 2. The molecule has 0 aliphatic heterocycles. The molecule has 0 aliphatic rings. The molecular weight excluding hydrogens is 308 g/mol. The number of hydrogen-bond acceptors (Lipinski definition) is 4. The van der Waals surface area contributed by atoms with Gasteiger partial charge < -0.3 is 10.6 Å². The van der Waals surface area contributed by atoms with Gasteiger partial charge >= 0.3 is 0 Å². The number of nitrogens with zero attached hydrogens (tertiary/aromatic N) is 4. The standard InChI is InChI=1S/C16H16N6O2/c1-21-10-8-13(20-21)15(23)18-11-3-5-12(6-4-11)19-16(24)14-7-9-17-22(14)2/h3-10H,1-2H3,(H,18,23)(H,19,24). The van der Waals surface area contributed by atoms with Crippen LogP contribution in [0.2, 0.25) is 0 Å². The average Bonchev–Trinajstić information content (AvgIpc) is 3.17. The Bertz CT molecular complexity index is 878. The minimum Gasteiger partial charge on any atom is -0.321 e. The van der Waals surface area contributed by atoms with Crippen molar-refractivity contribution in [1.82, 2.24) is 19.6 Å². The SMILES string of the molecule is Cn1ccc(C(=O)Nc2ccc(NC(=O)c3ccnn3C)cc2)n1. The molecule has 0 fully saturated rings. The predicted octanol–water partition coefficient (Wildman–Crippen LogP) is 1.66. The predicted molar refractivity (Wildman–Crippen MR) is 88.8 cm³/mol. The van der Waals surface area contributed by atoms with E-state index in [1.807, 2.05) is 0 Å². The highest BCUT2D eigenvalue weighted by Gasteiger charge is 2.11. The third-order valence-electron chi connectivity index (χ3n) is 3.40. The highest BCUT2D eigenvalue weighted by atomic mass is 16.2. The van der Waals surface area contributed by atoms with Gasteiger partial charge in [0, 0.05) is 37.9 Å². The number of carbonyl (C=O) groups is 2. The van der Waals surface area contributed by atoms with Crippen LogP contribution in [-0.2, 0) is 14.1 Å². The van der Waals surface area contributed by atoms with Crippen molar-refractivity contribution in [2.45, 2.75) is 0 Å². The number of anilines is 2. The van der Waals surface area contributed by atoms with E-state index in [0.29, 0.717) is 22.8 Å². The highest BCUT2D eigenvalue weighted by Crippen LogP contribution is 2.15. The Balaban J connectivity index is 1.64. The number of aromatic nitrogens is 4. The van der Waals surface area contributed by atoms with Gasteiger partial charge in [0.1, 0.15) is 5.69 Å². The summed E-state index contributed by atoms with van der Waals surface area (Å²) in [4.78, 5) is 24.1. The summed E-state index contributed by atoms with van der Waals surface area (Å²) in [5, 5.41) is 13.5. The van der Waals surface area contributed by atoms with Crippen molar-refractivity contribution in [1.29, 1.82) is 0 Å². The molecule has 3 rings (SSSR count). The molecule has 8 nitrogen and oxygen atoms in total. The first-order valence-electron chi connectivity index (χ1n) is 7.23. The smallest absolute Gasteiger partial charge is 0.276 e. The van der Waals surface area contributed by atoms with Gasteiger partial charge in [-0.2, -0.15) is 10.2 Å². The summed E-state index contributed by atoms with van der Waals surface area (Å²) in [6.45, 7) is 0. The van der Waals surface area contributed by atoms with Crippen molar-refractivity contribution in [2.24, 2.45) is 14.1 Å². The van der Waals surface area contributed by atoms with Crippen LogP contribution in [0.15, 0.2) is 48.8 Å². The molecule has 2 amide bonds. The maximum Gasteiger partial charge on any atom is 0.276 e. The molecule has 8 heteroatoms. The van der Waals surface area contributed by atoms with E-state index in [-0.39, 0.29) is 11.8 Å². The number of hydrogen-bond donors (Lipinski definition) is 2. The summed E-state index contributed by atoms with van der Waals surface area (Å²) in [7, 11) is 3.45. The van der Waals surface area contributed by atoms with Gasteiger partial charge in [0.25, 0.3) is 11.8 Å². The van der Waals surface area contributed by atoms with Crippen molar-refractivity contribution >= 4 is 23.2 Å². The molecule has 2 aromatic heterocycles. The Morgan fingerprint density at radius 2 is 1.54 bits per heavy atom. The number of rotatable bonds is 4. The summed E-state index contributed by atoms with van der Waals surface area (Å²) in [6, 6.07) is 10.1. The van der Waals surface area contributed by atoms with Crippen molar-refractivity contribution < 1.29 is 9.59 Å². The lowest BCUT2D eigenvalue weighted by Gasteiger charge is -2.07. The third-order valence-corrected chi connectivity index (χ3v) is 3.40. The Morgan fingerprint density at radius 1 is 0.917 bits per heavy atom. The molecule has 122 valence electrons. The fourth-order valence-electron chi connectivity index (χ4n) is 2.16. The second-order valence-corrected chi connectivity index (χ2v) is 5.20. The second-order valence-electron chi connectivity index (χ2n) is 5.20. The first kappa shape index (κ1) is 15.5. The molecule has 2 N–H and O–H groups in total. The monoisotopic (exact) mass is 324 g/mol. The topological polar surface area (TPSA) is 93.8 Å². The highest BCUT2D eigenvalue weighted by molar-refractivity contribution is 6.04. The molecule has 0 saturated carbocycles. The van der Waals surface area contributed by atoms with Gasteiger partial charge in [-0.15, -0.1) is 0 Å². The van der Waals surface area contributed by atoms with Gasteiger partial charge in [0.2, 0.25) is 0 Å². The van der Waals surface area contributed by atoms with Crippen LogP contribution in [0.3, 0.4) is 0 Å². The zero-order valence-electron chi connectivity index (χ0n) is 13.2. The molecular formula is C16H16N6O2. The maximum atomic E-state index is 12.1. The van der Waals surface area contributed by atoms with E-state index in [9.17, 15) is 9.59 Å². The van der Waals surface area contributed by atoms with Crippen LogP contribution in [0.25, 0.3) is 0 Å². The molecule has 3 aromatic rings. The zero-order valence-corrected chi connectivity index (χ0v) is 13.2. The Hall–Kier alpha value is -3.42. The second kappa shape index (κ2) is 6.37. The van der Waals surface area contributed by atoms with Gasteiger partial charge in [0.05, 0.1) is 0 Å². The lowest BCUT2D eigenvalue weighted by Crippen LogP contribution is -2.16. The van der Waals surface area contributed by atoms with Gasteiger partial charge in [-0.25, -0.2) is 0 Å². The zero-order chi connectivity index (χ0) is 17.1. The average molecular weight is 324 g/mol. The van der Waals surface area contributed by atoms with Crippen molar-refractivity contribution in [2.75, 3.05) is 10.6 Å².